The fourth-order valence-electron chi connectivity index (χ4n) is 1.37. The summed E-state index contributed by atoms with van der Waals surface area (Å²) in [6, 6.07) is 0. The van der Waals surface area contributed by atoms with Crippen LogP contribution in [0.3, 0.4) is 0 Å². The Kier molecular flexibility index (Phi) is 4.00. The number of hydrogen-bond donors (Lipinski definition) is 0. The highest BCUT2D eigenvalue weighted by atomic mass is 15.3. The Morgan fingerprint density at radius 3 is 2.77 bits per heavy atom. The van der Waals surface area contributed by atoms with Gasteiger partial charge in [-0.1, -0.05) is 20.8 Å². The van der Waals surface area contributed by atoms with Crippen molar-refractivity contribution in [3.8, 4) is 0 Å². The SMILES string of the molecule is CCc1cnn(CCCC(C)C)c1. The topological polar surface area (TPSA) is 17.8 Å². The van der Waals surface area contributed by atoms with E-state index in [1.807, 2.05) is 6.20 Å². The first-order valence-electron chi connectivity index (χ1n) is 5.23. The molecule has 0 fully saturated rings. The molecule has 0 aliphatic carbocycles. The van der Waals surface area contributed by atoms with Crippen molar-refractivity contribution < 1.29 is 0 Å². The maximum absolute atomic E-state index is 4.30. The number of nitrogens with zero attached hydrogens (tertiary/aromatic N) is 2. The van der Waals surface area contributed by atoms with Gasteiger partial charge in [-0.25, -0.2) is 0 Å². The molecule has 0 unspecified atom stereocenters. The zero-order valence-corrected chi connectivity index (χ0v) is 8.95. The maximum Gasteiger partial charge on any atom is 0.0521 e. The van der Waals surface area contributed by atoms with Gasteiger partial charge in [-0.2, -0.15) is 5.10 Å². The molecule has 0 saturated heterocycles. The second-order valence-electron chi connectivity index (χ2n) is 4.00. The van der Waals surface area contributed by atoms with Gasteiger partial charge in [-0.15, -0.1) is 0 Å². The van der Waals surface area contributed by atoms with Crippen LogP contribution in [0.5, 0.6) is 0 Å². The Morgan fingerprint density at radius 2 is 2.23 bits per heavy atom. The van der Waals surface area contributed by atoms with E-state index in [-0.39, 0.29) is 0 Å². The van der Waals surface area contributed by atoms with Gasteiger partial charge in [-0.05, 0) is 30.7 Å². The highest BCUT2D eigenvalue weighted by Gasteiger charge is 1.97. The summed E-state index contributed by atoms with van der Waals surface area (Å²) in [7, 11) is 0. The minimum Gasteiger partial charge on any atom is -0.272 e. The van der Waals surface area contributed by atoms with Crippen LogP contribution >= 0.6 is 0 Å². The molecule has 1 aromatic rings. The smallest absolute Gasteiger partial charge is 0.0521 e. The van der Waals surface area contributed by atoms with Crippen LogP contribution in [0.15, 0.2) is 12.4 Å². The average Bonchev–Trinajstić information content (AvgIpc) is 2.52. The number of hydrogen-bond acceptors (Lipinski definition) is 1. The minimum absolute atomic E-state index is 0.807. The number of aryl methyl sites for hydroxylation is 2. The van der Waals surface area contributed by atoms with Crippen LogP contribution < -0.4 is 0 Å². The first-order chi connectivity index (χ1) is 6.22. The largest absolute Gasteiger partial charge is 0.272 e. The van der Waals surface area contributed by atoms with E-state index in [2.05, 4.69) is 36.7 Å². The summed E-state index contributed by atoms with van der Waals surface area (Å²) in [6.45, 7) is 7.76. The monoisotopic (exact) mass is 180 g/mol. The molecular formula is C11H20N2. The van der Waals surface area contributed by atoms with Gasteiger partial charge in [0.05, 0.1) is 6.20 Å². The molecule has 0 aliphatic rings. The molecule has 0 atom stereocenters. The molecule has 0 amide bonds. The van der Waals surface area contributed by atoms with Gasteiger partial charge in [-0.3, -0.25) is 4.68 Å². The predicted octanol–water partition coefficient (Wildman–Crippen LogP) is 2.88. The molecule has 0 N–H and O–H groups in total. The van der Waals surface area contributed by atoms with E-state index in [1.165, 1.54) is 18.4 Å². The summed E-state index contributed by atoms with van der Waals surface area (Å²) in [4.78, 5) is 0. The summed E-state index contributed by atoms with van der Waals surface area (Å²) in [5.74, 6) is 0.807. The lowest BCUT2D eigenvalue weighted by Gasteiger charge is -2.03. The first-order valence-corrected chi connectivity index (χ1v) is 5.23. The predicted molar refractivity (Wildman–Crippen MR) is 55.7 cm³/mol. The molecule has 0 radical (unpaired) electrons. The lowest BCUT2D eigenvalue weighted by molar-refractivity contribution is 0.490. The number of rotatable bonds is 5. The van der Waals surface area contributed by atoms with Crippen molar-refractivity contribution >= 4 is 0 Å². The van der Waals surface area contributed by atoms with E-state index in [1.54, 1.807) is 0 Å². The Balaban J connectivity index is 2.28. The molecule has 74 valence electrons. The summed E-state index contributed by atoms with van der Waals surface area (Å²) < 4.78 is 2.06. The van der Waals surface area contributed by atoms with Crippen LogP contribution in [-0.4, -0.2) is 9.78 Å². The Hall–Kier alpha value is -0.790. The van der Waals surface area contributed by atoms with Crippen LogP contribution in [0, 0.1) is 5.92 Å². The van der Waals surface area contributed by atoms with Crippen LogP contribution in [0.4, 0.5) is 0 Å². The Labute approximate surface area is 81.0 Å². The standard InChI is InChI=1S/C11H20N2/c1-4-11-8-12-13(9-11)7-5-6-10(2)3/h8-10H,4-7H2,1-3H3. The number of aromatic nitrogens is 2. The van der Waals surface area contributed by atoms with Crippen molar-refractivity contribution in [2.75, 3.05) is 0 Å². The summed E-state index contributed by atoms with van der Waals surface area (Å²) in [5.41, 5.74) is 1.34. The highest BCUT2D eigenvalue weighted by molar-refractivity contribution is 5.02. The quantitative estimate of drug-likeness (QED) is 0.681. The molecule has 13 heavy (non-hydrogen) atoms. The normalized spacial score (nSPS) is 11.1. The Bertz CT molecular complexity index is 238. The van der Waals surface area contributed by atoms with Crippen molar-refractivity contribution in [1.29, 1.82) is 0 Å². The third kappa shape index (κ3) is 3.62. The van der Waals surface area contributed by atoms with E-state index in [0.717, 1.165) is 18.9 Å². The molecule has 1 heterocycles. The van der Waals surface area contributed by atoms with Gasteiger partial charge in [0.1, 0.15) is 0 Å². The first kappa shape index (κ1) is 10.3. The fraction of sp³-hybridized carbons (Fsp3) is 0.727. The molecular weight excluding hydrogens is 160 g/mol. The van der Waals surface area contributed by atoms with Crippen molar-refractivity contribution in [3.05, 3.63) is 18.0 Å². The molecule has 1 aromatic heterocycles. The second kappa shape index (κ2) is 5.05. The molecule has 2 heteroatoms. The van der Waals surface area contributed by atoms with E-state index in [9.17, 15) is 0 Å². The van der Waals surface area contributed by atoms with Crippen molar-refractivity contribution in [1.82, 2.24) is 9.78 Å². The maximum atomic E-state index is 4.30. The van der Waals surface area contributed by atoms with Crippen LogP contribution in [0.1, 0.15) is 39.2 Å². The minimum atomic E-state index is 0.807. The lowest BCUT2D eigenvalue weighted by Crippen LogP contribution is -1.99. The third-order valence-electron chi connectivity index (χ3n) is 2.26. The lowest BCUT2D eigenvalue weighted by atomic mass is 10.1. The molecule has 0 spiro atoms. The van der Waals surface area contributed by atoms with Gasteiger partial charge in [0.25, 0.3) is 0 Å². The van der Waals surface area contributed by atoms with Crippen LogP contribution in [0.2, 0.25) is 0 Å². The fourth-order valence-corrected chi connectivity index (χ4v) is 1.37. The molecule has 0 aromatic carbocycles. The molecule has 2 nitrogen and oxygen atoms in total. The van der Waals surface area contributed by atoms with Crippen LogP contribution in [-0.2, 0) is 13.0 Å². The average molecular weight is 180 g/mol. The Morgan fingerprint density at radius 1 is 1.46 bits per heavy atom. The van der Waals surface area contributed by atoms with Crippen molar-refractivity contribution in [2.45, 2.75) is 46.6 Å². The van der Waals surface area contributed by atoms with E-state index < -0.39 is 0 Å². The van der Waals surface area contributed by atoms with E-state index in [4.69, 9.17) is 0 Å². The molecule has 0 aliphatic heterocycles. The highest BCUT2D eigenvalue weighted by Crippen LogP contribution is 2.05. The van der Waals surface area contributed by atoms with Gasteiger partial charge >= 0.3 is 0 Å². The van der Waals surface area contributed by atoms with Gasteiger partial charge in [0.2, 0.25) is 0 Å². The van der Waals surface area contributed by atoms with Gasteiger partial charge in [0.15, 0.2) is 0 Å². The molecule has 0 bridgehead atoms. The summed E-state index contributed by atoms with van der Waals surface area (Å²) in [5, 5.41) is 4.30. The third-order valence-corrected chi connectivity index (χ3v) is 2.26. The zero-order chi connectivity index (χ0) is 9.68. The van der Waals surface area contributed by atoms with E-state index >= 15 is 0 Å². The summed E-state index contributed by atoms with van der Waals surface area (Å²) >= 11 is 0. The van der Waals surface area contributed by atoms with Crippen LogP contribution in [0.25, 0.3) is 0 Å². The van der Waals surface area contributed by atoms with E-state index in [0.29, 0.717) is 0 Å². The summed E-state index contributed by atoms with van der Waals surface area (Å²) in [6.07, 6.45) is 7.74. The van der Waals surface area contributed by atoms with Crippen molar-refractivity contribution in [3.63, 3.8) is 0 Å². The zero-order valence-electron chi connectivity index (χ0n) is 8.95. The van der Waals surface area contributed by atoms with Crippen molar-refractivity contribution in [2.24, 2.45) is 5.92 Å². The van der Waals surface area contributed by atoms with Gasteiger partial charge < -0.3 is 0 Å². The molecule has 1 rings (SSSR count). The second-order valence-corrected chi connectivity index (χ2v) is 4.00. The molecule has 0 saturated carbocycles. The van der Waals surface area contributed by atoms with Gasteiger partial charge in [0, 0.05) is 12.7 Å².